The highest BCUT2D eigenvalue weighted by Crippen LogP contribution is 2.21. The maximum Gasteiger partial charge on any atom is 0.322 e. The van der Waals surface area contributed by atoms with Crippen molar-refractivity contribution in [2.45, 2.75) is 52.6 Å². The lowest BCUT2D eigenvalue weighted by Crippen LogP contribution is -2.48. The first-order valence-electron chi connectivity index (χ1n) is 10.2. The van der Waals surface area contributed by atoms with E-state index in [1.54, 1.807) is 9.80 Å². The molecule has 5 nitrogen and oxygen atoms in total. The van der Waals surface area contributed by atoms with E-state index >= 15 is 0 Å². The molecule has 3 amide bonds. The Hall–Kier alpha value is -2.82. The minimum Gasteiger partial charge on any atom is -0.345 e. The van der Waals surface area contributed by atoms with Crippen LogP contribution in [0.25, 0.3) is 0 Å². The van der Waals surface area contributed by atoms with Crippen LogP contribution in [0.5, 0.6) is 0 Å². The zero-order chi connectivity index (χ0) is 21.4. The summed E-state index contributed by atoms with van der Waals surface area (Å²) in [5.74, 6) is 0.0813. The van der Waals surface area contributed by atoms with E-state index < -0.39 is 0 Å². The van der Waals surface area contributed by atoms with Gasteiger partial charge in [0.2, 0.25) is 5.91 Å². The van der Waals surface area contributed by atoms with Gasteiger partial charge in [-0.15, -0.1) is 0 Å². The van der Waals surface area contributed by atoms with Crippen LogP contribution in [0, 0.1) is 0 Å². The highest BCUT2D eigenvalue weighted by Gasteiger charge is 2.22. The molecule has 0 saturated heterocycles. The van der Waals surface area contributed by atoms with E-state index in [4.69, 9.17) is 0 Å². The number of amides is 3. The molecule has 0 atom stereocenters. The molecule has 0 aromatic heterocycles. The summed E-state index contributed by atoms with van der Waals surface area (Å²) >= 11 is 0. The van der Waals surface area contributed by atoms with E-state index in [1.165, 1.54) is 0 Å². The predicted octanol–water partition coefficient (Wildman–Crippen LogP) is 4.61. The second kappa shape index (κ2) is 10.1. The van der Waals surface area contributed by atoms with Gasteiger partial charge in [0.25, 0.3) is 0 Å². The Morgan fingerprint density at radius 3 is 2.24 bits per heavy atom. The van der Waals surface area contributed by atoms with Crippen molar-refractivity contribution in [2.24, 2.45) is 0 Å². The lowest BCUT2D eigenvalue weighted by atomic mass is 10.1. The third-order valence-electron chi connectivity index (χ3n) is 4.47. The molecule has 2 rings (SSSR count). The smallest absolute Gasteiger partial charge is 0.322 e. The normalized spacial score (nSPS) is 11.1. The molecule has 0 saturated carbocycles. The fourth-order valence-electron chi connectivity index (χ4n) is 3.04. The average molecular weight is 396 g/mol. The average Bonchev–Trinajstić information content (AvgIpc) is 2.66. The molecular formula is C24H33N3O2. The first kappa shape index (κ1) is 22.5. The molecule has 0 spiro atoms. The minimum absolute atomic E-state index is 0.0813. The summed E-state index contributed by atoms with van der Waals surface area (Å²) in [7, 11) is 1.83. The number of benzene rings is 2. The van der Waals surface area contributed by atoms with Crippen LogP contribution in [0.3, 0.4) is 0 Å². The van der Waals surface area contributed by atoms with Gasteiger partial charge in [-0.3, -0.25) is 9.69 Å². The number of rotatable bonds is 7. The Morgan fingerprint density at radius 2 is 1.62 bits per heavy atom. The van der Waals surface area contributed by atoms with Gasteiger partial charge in [-0.05, 0) is 50.5 Å². The number of urea groups is 1. The standard InChI is InChI=1S/C24H33N3O2/c1-6-15-26(5)22(28)17-20-13-10-14-21(16-20)27(23(29)25-24(2,3)4)18-19-11-8-7-9-12-19/h7-14,16H,6,15,17-18H2,1-5H3,(H,25,29). The summed E-state index contributed by atoms with van der Waals surface area (Å²) in [5, 5.41) is 3.04. The van der Waals surface area contributed by atoms with Gasteiger partial charge < -0.3 is 10.2 Å². The second-order valence-electron chi connectivity index (χ2n) is 8.41. The van der Waals surface area contributed by atoms with E-state index in [1.807, 2.05) is 82.4 Å². The van der Waals surface area contributed by atoms with Crippen LogP contribution in [0.1, 0.15) is 45.2 Å². The van der Waals surface area contributed by atoms with Gasteiger partial charge in [-0.1, -0.05) is 49.4 Å². The van der Waals surface area contributed by atoms with Crippen molar-refractivity contribution in [3.8, 4) is 0 Å². The lowest BCUT2D eigenvalue weighted by Gasteiger charge is -2.29. The van der Waals surface area contributed by atoms with Crippen LogP contribution in [-0.2, 0) is 17.8 Å². The van der Waals surface area contributed by atoms with Crippen LogP contribution in [-0.4, -0.2) is 36.0 Å². The van der Waals surface area contributed by atoms with E-state index in [9.17, 15) is 9.59 Å². The third-order valence-corrected chi connectivity index (χ3v) is 4.47. The molecule has 2 aromatic carbocycles. The van der Waals surface area contributed by atoms with Crippen LogP contribution in [0.4, 0.5) is 10.5 Å². The summed E-state index contributed by atoms with van der Waals surface area (Å²) in [5.41, 5.74) is 2.37. The number of hydrogen-bond donors (Lipinski definition) is 1. The summed E-state index contributed by atoms with van der Waals surface area (Å²) in [6, 6.07) is 17.4. The largest absolute Gasteiger partial charge is 0.345 e. The highest BCUT2D eigenvalue weighted by atomic mass is 16.2. The Bertz CT molecular complexity index is 812. The van der Waals surface area contributed by atoms with Gasteiger partial charge in [0, 0.05) is 24.8 Å². The zero-order valence-electron chi connectivity index (χ0n) is 18.2. The fraction of sp³-hybridized carbons (Fsp3) is 0.417. The summed E-state index contributed by atoms with van der Waals surface area (Å²) < 4.78 is 0. The van der Waals surface area contributed by atoms with Gasteiger partial charge in [-0.2, -0.15) is 0 Å². The zero-order valence-corrected chi connectivity index (χ0v) is 18.2. The molecule has 5 heteroatoms. The quantitative estimate of drug-likeness (QED) is 0.744. The van der Waals surface area contributed by atoms with Crippen LogP contribution >= 0.6 is 0 Å². The first-order chi connectivity index (χ1) is 13.7. The molecule has 1 N–H and O–H groups in total. The van der Waals surface area contributed by atoms with Crippen LogP contribution < -0.4 is 10.2 Å². The SMILES string of the molecule is CCCN(C)C(=O)Cc1cccc(N(Cc2ccccc2)C(=O)NC(C)(C)C)c1. The van der Waals surface area contributed by atoms with Gasteiger partial charge in [0.15, 0.2) is 0 Å². The van der Waals surface area contributed by atoms with Crippen molar-refractivity contribution in [2.75, 3.05) is 18.5 Å². The van der Waals surface area contributed by atoms with Crippen molar-refractivity contribution in [3.05, 3.63) is 65.7 Å². The molecule has 0 heterocycles. The molecule has 0 radical (unpaired) electrons. The molecule has 156 valence electrons. The number of hydrogen-bond acceptors (Lipinski definition) is 2. The molecule has 29 heavy (non-hydrogen) atoms. The van der Waals surface area contributed by atoms with E-state index in [2.05, 4.69) is 12.2 Å². The molecular weight excluding hydrogens is 362 g/mol. The van der Waals surface area contributed by atoms with Gasteiger partial charge in [-0.25, -0.2) is 4.79 Å². The Balaban J connectivity index is 2.27. The van der Waals surface area contributed by atoms with Crippen LogP contribution in [0.2, 0.25) is 0 Å². The number of carbonyl (C=O) groups excluding carboxylic acids is 2. The topological polar surface area (TPSA) is 52.7 Å². The molecule has 0 aliphatic carbocycles. The van der Waals surface area contributed by atoms with E-state index in [-0.39, 0.29) is 17.5 Å². The summed E-state index contributed by atoms with van der Waals surface area (Å²) in [6.07, 6.45) is 1.25. The molecule has 0 fully saturated rings. The number of anilines is 1. The summed E-state index contributed by atoms with van der Waals surface area (Å²) in [4.78, 5) is 28.9. The highest BCUT2D eigenvalue weighted by molar-refractivity contribution is 5.92. The molecule has 0 aliphatic heterocycles. The van der Waals surface area contributed by atoms with Crippen molar-refractivity contribution in [3.63, 3.8) is 0 Å². The lowest BCUT2D eigenvalue weighted by molar-refractivity contribution is -0.129. The van der Waals surface area contributed by atoms with Crippen molar-refractivity contribution in [1.82, 2.24) is 10.2 Å². The molecule has 2 aromatic rings. The fourth-order valence-corrected chi connectivity index (χ4v) is 3.04. The van der Waals surface area contributed by atoms with Crippen molar-refractivity contribution in [1.29, 1.82) is 0 Å². The Labute approximate surface area is 174 Å². The van der Waals surface area contributed by atoms with Crippen molar-refractivity contribution >= 4 is 17.6 Å². The Morgan fingerprint density at radius 1 is 0.966 bits per heavy atom. The van der Waals surface area contributed by atoms with E-state index in [0.717, 1.165) is 29.8 Å². The van der Waals surface area contributed by atoms with Gasteiger partial charge in [0.05, 0.1) is 13.0 Å². The molecule has 0 unspecified atom stereocenters. The van der Waals surface area contributed by atoms with Gasteiger partial charge in [0.1, 0.15) is 0 Å². The van der Waals surface area contributed by atoms with Gasteiger partial charge >= 0.3 is 6.03 Å². The minimum atomic E-state index is -0.345. The summed E-state index contributed by atoms with van der Waals surface area (Å²) in [6.45, 7) is 9.14. The van der Waals surface area contributed by atoms with Crippen molar-refractivity contribution < 1.29 is 9.59 Å². The predicted molar refractivity (Wildman–Crippen MR) is 119 cm³/mol. The number of nitrogens with one attached hydrogen (secondary N) is 1. The first-order valence-corrected chi connectivity index (χ1v) is 10.2. The third kappa shape index (κ3) is 7.26. The monoisotopic (exact) mass is 395 g/mol. The maximum absolute atomic E-state index is 13.0. The second-order valence-corrected chi connectivity index (χ2v) is 8.41. The van der Waals surface area contributed by atoms with Crippen LogP contribution in [0.15, 0.2) is 54.6 Å². The molecule has 0 bridgehead atoms. The number of nitrogens with zero attached hydrogens (tertiary/aromatic N) is 2. The number of likely N-dealkylation sites (N-methyl/N-ethyl adjacent to an activating group) is 1. The Kier molecular flexibility index (Phi) is 7.82. The molecule has 0 aliphatic rings. The number of carbonyl (C=O) groups is 2. The maximum atomic E-state index is 13.0. The van der Waals surface area contributed by atoms with E-state index in [0.29, 0.717) is 13.0 Å².